The highest BCUT2D eigenvalue weighted by Gasteiger charge is 2.42. The molecule has 6 heteroatoms. The summed E-state index contributed by atoms with van der Waals surface area (Å²) >= 11 is 0. The highest BCUT2D eigenvalue weighted by Crippen LogP contribution is 2.45. The topological polar surface area (TPSA) is 59.0 Å². The smallest absolute Gasteiger partial charge is 0.290 e. The third-order valence-electron chi connectivity index (χ3n) is 5.70. The molecule has 0 spiro atoms. The zero-order chi connectivity index (χ0) is 22.8. The molecule has 5 nitrogen and oxygen atoms in total. The zero-order valence-corrected chi connectivity index (χ0v) is 18.1. The number of aliphatic hydroxyl groups is 1. The first-order valence-corrected chi connectivity index (χ1v) is 10.2. The first-order chi connectivity index (χ1) is 15.4. The molecular weight excluding hydrogens is 409 g/mol. The minimum atomic E-state index is -0.793. The summed E-state index contributed by atoms with van der Waals surface area (Å²) < 4.78 is 25.7. The van der Waals surface area contributed by atoms with Crippen molar-refractivity contribution in [2.45, 2.75) is 19.5 Å². The third kappa shape index (κ3) is 3.80. The first-order valence-electron chi connectivity index (χ1n) is 10.2. The van der Waals surface area contributed by atoms with E-state index in [9.17, 15) is 14.3 Å². The van der Waals surface area contributed by atoms with Gasteiger partial charge in [0.05, 0.1) is 26.8 Å². The summed E-state index contributed by atoms with van der Waals surface area (Å²) in [6.45, 7) is 2.07. The Kier molecular flexibility index (Phi) is 5.86. The van der Waals surface area contributed by atoms with E-state index in [1.165, 1.54) is 18.1 Å². The van der Waals surface area contributed by atoms with Gasteiger partial charge in [-0.05, 0) is 30.7 Å². The number of methoxy groups -OCH3 is 2. The molecule has 0 saturated heterocycles. The molecule has 0 aliphatic carbocycles. The molecule has 4 rings (SSSR count). The quantitative estimate of drug-likeness (QED) is 0.580. The van der Waals surface area contributed by atoms with Gasteiger partial charge in [0.1, 0.15) is 17.3 Å². The molecule has 1 atom stereocenters. The van der Waals surface area contributed by atoms with Gasteiger partial charge in [-0.25, -0.2) is 4.39 Å². The van der Waals surface area contributed by atoms with Crippen LogP contribution >= 0.6 is 0 Å². The van der Waals surface area contributed by atoms with Crippen LogP contribution in [0.4, 0.5) is 4.39 Å². The molecule has 0 radical (unpaired) electrons. The van der Waals surface area contributed by atoms with Gasteiger partial charge in [-0.2, -0.15) is 0 Å². The summed E-state index contributed by atoms with van der Waals surface area (Å²) in [6.07, 6.45) is 0. The number of halogens is 1. The molecule has 3 aromatic carbocycles. The number of hydrogen-bond acceptors (Lipinski definition) is 4. The number of hydrogen-bond donors (Lipinski definition) is 1. The summed E-state index contributed by atoms with van der Waals surface area (Å²) in [5, 5.41) is 10.9. The Hall–Kier alpha value is -3.80. The molecular formula is C26H24FNO4. The Labute approximate surface area is 186 Å². The van der Waals surface area contributed by atoms with Crippen molar-refractivity contribution in [1.29, 1.82) is 0 Å². The number of carbonyl (C=O) groups is 1. The fraction of sp³-hybridized carbons (Fsp3) is 0.192. The van der Waals surface area contributed by atoms with Crippen LogP contribution in [0.3, 0.4) is 0 Å². The van der Waals surface area contributed by atoms with Crippen molar-refractivity contribution in [3.8, 4) is 11.5 Å². The Bertz CT molecular complexity index is 1190. The summed E-state index contributed by atoms with van der Waals surface area (Å²) in [4.78, 5) is 14.7. The van der Waals surface area contributed by atoms with Crippen LogP contribution in [0.25, 0.3) is 5.57 Å². The Morgan fingerprint density at radius 2 is 1.72 bits per heavy atom. The summed E-state index contributed by atoms with van der Waals surface area (Å²) in [5.74, 6) is -0.240. The maximum Gasteiger partial charge on any atom is 0.290 e. The minimum absolute atomic E-state index is 0.115. The lowest BCUT2D eigenvalue weighted by atomic mass is 9.92. The minimum Gasteiger partial charge on any atom is -0.503 e. The number of ether oxygens (including phenoxy) is 2. The molecule has 1 N–H and O–H groups in total. The SMILES string of the molecule is COc1ccc(CN2C(=O)C(O)=C(c3ccc(C)cc3)[C@@H]2c2ccccc2F)c(OC)c1. The molecule has 0 bridgehead atoms. The average molecular weight is 433 g/mol. The first kappa shape index (κ1) is 21.4. The van der Waals surface area contributed by atoms with Gasteiger partial charge in [-0.3, -0.25) is 4.79 Å². The third-order valence-corrected chi connectivity index (χ3v) is 5.70. The molecule has 1 amide bonds. The van der Waals surface area contributed by atoms with Gasteiger partial charge in [-0.1, -0.05) is 48.0 Å². The van der Waals surface area contributed by atoms with Gasteiger partial charge in [-0.15, -0.1) is 0 Å². The number of aliphatic hydroxyl groups excluding tert-OH is 1. The standard InChI is InChI=1S/C26H24FNO4/c1-16-8-10-17(11-9-16)23-24(20-6-4-5-7-21(20)27)28(26(30)25(23)29)15-18-12-13-19(31-2)14-22(18)32-3/h4-14,24,29H,15H2,1-3H3/t24-/m0/s1. The van der Waals surface area contributed by atoms with Crippen LogP contribution < -0.4 is 9.47 Å². The van der Waals surface area contributed by atoms with Crippen molar-refractivity contribution in [3.05, 3.63) is 101 Å². The molecule has 0 fully saturated rings. The maximum absolute atomic E-state index is 14.9. The fourth-order valence-electron chi connectivity index (χ4n) is 4.03. The summed E-state index contributed by atoms with van der Waals surface area (Å²) in [5.41, 5.74) is 3.11. The zero-order valence-electron chi connectivity index (χ0n) is 18.1. The lowest BCUT2D eigenvalue weighted by molar-refractivity contribution is -0.130. The number of carbonyl (C=O) groups excluding carboxylic acids is 1. The van der Waals surface area contributed by atoms with E-state index in [1.54, 1.807) is 43.5 Å². The number of nitrogens with zero attached hydrogens (tertiary/aromatic N) is 1. The molecule has 0 unspecified atom stereocenters. The normalized spacial score (nSPS) is 15.9. The highest BCUT2D eigenvalue weighted by atomic mass is 19.1. The van der Waals surface area contributed by atoms with Gasteiger partial charge in [0.15, 0.2) is 5.76 Å². The van der Waals surface area contributed by atoms with E-state index in [0.29, 0.717) is 33.8 Å². The maximum atomic E-state index is 14.9. The summed E-state index contributed by atoms with van der Waals surface area (Å²) in [7, 11) is 3.09. The number of aryl methyl sites for hydroxylation is 1. The van der Waals surface area contributed by atoms with Crippen LogP contribution in [-0.4, -0.2) is 30.1 Å². The Morgan fingerprint density at radius 3 is 2.38 bits per heavy atom. The average Bonchev–Trinajstić information content (AvgIpc) is 3.05. The van der Waals surface area contributed by atoms with Crippen molar-refractivity contribution in [3.63, 3.8) is 0 Å². The van der Waals surface area contributed by atoms with Crippen molar-refractivity contribution < 1.29 is 23.8 Å². The van der Waals surface area contributed by atoms with Crippen LogP contribution in [0.5, 0.6) is 11.5 Å². The van der Waals surface area contributed by atoms with Crippen LogP contribution in [0.2, 0.25) is 0 Å². The number of benzene rings is 3. The van der Waals surface area contributed by atoms with E-state index in [2.05, 4.69) is 0 Å². The van der Waals surface area contributed by atoms with E-state index in [4.69, 9.17) is 9.47 Å². The van der Waals surface area contributed by atoms with Crippen molar-refractivity contribution in [2.75, 3.05) is 14.2 Å². The van der Waals surface area contributed by atoms with Crippen molar-refractivity contribution in [1.82, 2.24) is 4.90 Å². The van der Waals surface area contributed by atoms with Crippen LogP contribution in [0.15, 0.2) is 72.5 Å². The predicted octanol–water partition coefficient (Wildman–Crippen LogP) is 5.20. The van der Waals surface area contributed by atoms with Crippen LogP contribution in [0, 0.1) is 12.7 Å². The van der Waals surface area contributed by atoms with Gasteiger partial charge in [0.2, 0.25) is 0 Å². The lowest BCUT2D eigenvalue weighted by Gasteiger charge is -2.28. The van der Waals surface area contributed by atoms with Crippen molar-refractivity contribution in [2.24, 2.45) is 0 Å². The molecule has 1 heterocycles. The van der Waals surface area contributed by atoms with Gasteiger partial charge in [0, 0.05) is 22.8 Å². The Morgan fingerprint density at radius 1 is 1.00 bits per heavy atom. The van der Waals surface area contributed by atoms with Crippen LogP contribution in [-0.2, 0) is 11.3 Å². The number of amides is 1. The van der Waals surface area contributed by atoms with E-state index >= 15 is 0 Å². The molecule has 164 valence electrons. The van der Waals surface area contributed by atoms with E-state index in [-0.39, 0.29) is 12.3 Å². The van der Waals surface area contributed by atoms with Crippen LogP contribution in [0.1, 0.15) is 28.3 Å². The second-order valence-corrected chi connectivity index (χ2v) is 7.66. The molecule has 3 aromatic rings. The lowest BCUT2D eigenvalue weighted by Crippen LogP contribution is -2.30. The molecule has 32 heavy (non-hydrogen) atoms. The van der Waals surface area contributed by atoms with E-state index in [0.717, 1.165) is 5.56 Å². The summed E-state index contributed by atoms with van der Waals surface area (Å²) in [6, 6.07) is 18.3. The number of rotatable bonds is 6. The second kappa shape index (κ2) is 8.75. The van der Waals surface area contributed by atoms with E-state index < -0.39 is 17.8 Å². The van der Waals surface area contributed by atoms with E-state index in [1.807, 2.05) is 31.2 Å². The second-order valence-electron chi connectivity index (χ2n) is 7.66. The van der Waals surface area contributed by atoms with Gasteiger partial charge < -0.3 is 19.5 Å². The monoisotopic (exact) mass is 433 g/mol. The highest BCUT2D eigenvalue weighted by molar-refractivity contribution is 6.05. The largest absolute Gasteiger partial charge is 0.503 e. The molecule has 0 aromatic heterocycles. The molecule has 1 aliphatic rings. The van der Waals surface area contributed by atoms with Gasteiger partial charge in [0.25, 0.3) is 5.91 Å². The Balaban J connectivity index is 1.83. The molecule has 1 aliphatic heterocycles. The molecule has 0 saturated carbocycles. The van der Waals surface area contributed by atoms with Gasteiger partial charge >= 0.3 is 0 Å². The predicted molar refractivity (Wildman–Crippen MR) is 120 cm³/mol. The fourth-order valence-corrected chi connectivity index (χ4v) is 4.03. The van der Waals surface area contributed by atoms with Crippen molar-refractivity contribution >= 4 is 11.5 Å².